The van der Waals surface area contributed by atoms with Crippen molar-refractivity contribution in [1.29, 1.82) is 0 Å². The number of fused-ring (bicyclic) bond motifs is 1. The molecule has 1 aliphatic rings. The molecule has 2 N–H and O–H groups in total. The van der Waals surface area contributed by atoms with Gasteiger partial charge in [0.25, 0.3) is 0 Å². The average Bonchev–Trinajstić information content (AvgIpc) is 2.78. The Morgan fingerprint density at radius 1 is 1.42 bits per heavy atom. The molecule has 1 atom stereocenters. The van der Waals surface area contributed by atoms with E-state index < -0.39 is 0 Å². The maximum absolute atomic E-state index is 11.8. The summed E-state index contributed by atoms with van der Waals surface area (Å²) in [4.78, 5) is 11.8. The molecule has 0 radical (unpaired) electrons. The number of rotatable bonds is 6. The molecule has 0 saturated carbocycles. The van der Waals surface area contributed by atoms with E-state index >= 15 is 0 Å². The third kappa shape index (κ3) is 4.49. The number of hydrogen-bond donors (Lipinski definition) is 2. The van der Waals surface area contributed by atoms with Crippen molar-refractivity contribution in [1.82, 2.24) is 10.6 Å². The molecule has 5 heteroatoms. The molecule has 1 aromatic rings. The number of amides is 1. The normalized spacial score (nSPS) is 16.6. The molecule has 0 aliphatic heterocycles. The minimum absolute atomic E-state index is 0. The van der Waals surface area contributed by atoms with Gasteiger partial charge in [0.05, 0.1) is 19.2 Å². The van der Waals surface area contributed by atoms with E-state index in [0.717, 1.165) is 12.8 Å². The van der Waals surface area contributed by atoms with Crippen LogP contribution in [0.1, 0.15) is 23.6 Å². The predicted molar refractivity (Wildman–Crippen MR) is 77.6 cm³/mol. The summed E-state index contributed by atoms with van der Waals surface area (Å²) in [5.41, 5.74) is 2.62. The number of hydrogen-bond acceptors (Lipinski definition) is 3. The van der Waals surface area contributed by atoms with E-state index in [1.165, 1.54) is 11.1 Å². The van der Waals surface area contributed by atoms with E-state index in [1.807, 2.05) is 6.07 Å². The molecule has 4 nitrogen and oxygen atoms in total. The molecule has 19 heavy (non-hydrogen) atoms. The van der Waals surface area contributed by atoms with Crippen LogP contribution in [0.5, 0.6) is 0 Å². The van der Waals surface area contributed by atoms with E-state index in [4.69, 9.17) is 4.74 Å². The highest BCUT2D eigenvalue weighted by atomic mass is 35.5. The number of methoxy groups -OCH3 is 1. The van der Waals surface area contributed by atoms with Gasteiger partial charge < -0.3 is 15.4 Å². The first kappa shape index (κ1) is 16.0. The van der Waals surface area contributed by atoms with Crippen molar-refractivity contribution in [3.05, 3.63) is 35.4 Å². The van der Waals surface area contributed by atoms with Crippen LogP contribution in [0, 0.1) is 0 Å². The van der Waals surface area contributed by atoms with Crippen molar-refractivity contribution < 1.29 is 9.53 Å². The third-order valence-electron chi connectivity index (χ3n) is 3.24. The average molecular weight is 285 g/mol. The highest BCUT2D eigenvalue weighted by Gasteiger charge is 2.22. The minimum atomic E-state index is 0. The van der Waals surface area contributed by atoms with Gasteiger partial charge in [0.15, 0.2) is 0 Å². The second kappa shape index (κ2) is 8.15. The number of nitrogens with one attached hydrogen (secondary N) is 2. The van der Waals surface area contributed by atoms with Crippen LogP contribution >= 0.6 is 12.4 Å². The summed E-state index contributed by atoms with van der Waals surface area (Å²) < 4.78 is 4.91. The summed E-state index contributed by atoms with van der Waals surface area (Å²) in [5.74, 6) is 0.0489. The molecule has 0 heterocycles. The molecule has 106 valence electrons. The fourth-order valence-corrected chi connectivity index (χ4v) is 2.33. The van der Waals surface area contributed by atoms with Gasteiger partial charge in [-0.1, -0.05) is 24.3 Å². The van der Waals surface area contributed by atoms with Crippen LogP contribution in [0.25, 0.3) is 0 Å². The maximum Gasteiger partial charge on any atom is 0.234 e. The molecular formula is C14H21ClN2O2. The molecule has 1 unspecified atom stereocenters. The van der Waals surface area contributed by atoms with Gasteiger partial charge in [0, 0.05) is 13.7 Å². The van der Waals surface area contributed by atoms with E-state index in [1.54, 1.807) is 7.11 Å². The van der Waals surface area contributed by atoms with Crippen molar-refractivity contribution in [3.8, 4) is 0 Å². The first-order valence-corrected chi connectivity index (χ1v) is 6.38. The van der Waals surface area contributed by atoms with Crippen LogP contribution in [0.15, 0.2) is 24.3 Å². The fourth-order valence-electron chi connectivity index (χ4n) is 2.33. The monoisotopic (exact) mass is 284 g/mol. The second-order valence-electron chi connectivity index (χ2n) is 4.53. The van der Waals surface area contributed by atoms with Crippen molar-refractivity contribution in [2.45, 2.75) is 18.9 Å². The summed E-state index contributed by atoms with van der Waals surface area (Å²) in [6.45, 7) is 1.67. The van der Waals surface area contributed by atoms with Gasteiger partial charge >= 0.3 is 0 Å². The number of aryl methyl sites for hydroxylation is 1. The molecule has 1 aliphatic carbocycles. The molecule has 1 aromatic carbocycles. The third-order valence-corrected chi connectivity index (χ3v) is 3.24. The molecule has 0 bridgehead atoms. The minimum Gasteiger partial charge on any atom is -0.383 e. The highest BCUT2D eigenvalue weighted by molar-refractivity contribution is 5.85. The number of ether oxygens (including phenoxy) is 1. The Balaban J connectivity index is 0.00000180. The first-order valence-electron chi connectivity index (χ1n) is 6.38. The van der Waals surface area contributed by atoms with Crippen molar-refractivity contribution in [3.63, 3.8) is 0 Å². The van der Waals surface area contributed by atoms with Gasteiger partial charge in [-0.15, -0.1) is 12.4 Å². The van der Waals surface area contributed by atoms with Crippen LogP contribution in [0.3, 0.4) is 0 Å². The van der Waals surface area contributed by atoms with Gasteiger partial charge in [-0.2, -0.15) is 0 Å². The molecule has 2 rings (SSSR count). The lowest BCUT2D eigenvalue weighted by molar-refractivity contribution is -0.121. The van der Waals surface area contributed by atoms with Crippen molar-refractivity contribution >= 4 is 18.3 Å². The molecule has 0 fully saturated rings. The van der Waals surface area contributed by atoms with Gasteiger partial charge in [-0.05, 0) is 24.0 Å². The highest BCUT2D eigenvalue weighted by Crippen LogP contribution is 2.30. The van der Waals surface area contributed by atoms with Crippen molar-refractivity contribution in [2.24, 2.45) is 0 Å². The van der Waals surface area contributed by atoms with E-state index in [0.29, 0.717) is 19.7 Å². The Bertz CT molecular complexity index is 412. The zero-order chi connectivity index (χ0) is 12.8. The lowest BCUT2D eigenvalue weighted by Gasteiger charge is -2.14. The largest absolute Gasteiger partial charge is 0.383 e. The molecule has 0 spiro atoms. The Labute approximate surface area is 120 Å². The topological polar surface area (TPSA) is 50.4 Å². The van der Waals surface area contributed by atoms with E-state index in [9.17, 15) is 4.79 Å². The van der Waals surface area contributed by atoms with Crippen molar-refractivity contribution in [2.75, 3.05) is 26.8 Å². The zero-order valence-electron chi connectivity index (χ0n) is 11.1. The smallest absolute Gasteiger partial charge is 0.234 e. The Morgan fingerprint density at radius 2 is 2.21 bits per heavy atom. The SMILES string of the molecule is COCCNCC(=O)NC1CCc2ccccc21.Cl. The van der Waals surface area contributed by atoms with Crippen LogP contribution in [0.4, 0.5) is 0 Å². The number of halogens is 1. The summed E-state index contributed by atoms with van der Waals surface area (Å²) in [5, 5.41) is 6.12. The van der Waals surface area contributed by atoms with Crippen LogP contribution in [-0.4, -0.2) is 32.7 Å². The van der Waals surface area contributed by atoms with Gasteiger partial charge in [0.2, 0.25) is 5.91 Å². The quantitative estimate of drug-likeness (QED) is 0.778. The van der Waals surface area contributed by atoms with Crippen LogP contribution < -0.4 is 10.6 Å². The fraction of sp³-hybridized carbons (Fsp3) is 0.500. The Kier molecular flexibility index (Phi) is 6.84. The lowest BCUT2D eigenvalue weighted by Crippen LogP contribution is -2.36. The standard InChI is InChI=1S/C14H20N2O2.ClH/c1-18-9-8-15-10-14(17)16-13-7-6-11-4-2-3-5-12(11)13;/h2-5,13,15H,6-10H2,1H3,(H,16,17);1H. The summed E-state index contributed by atoms with van der Waals surface area (Å²) >= 11 is 0. The van der Waals surface area contributed by atoms with E-state index in [2.05, 4.69) is 28.8 Å². The Hall–Kier alpha value is -1.10. The number of carbonyl (C=O) groups is 1. The van der Waals surface area contributed by atoms with Gasteiger partial charge in [-0.25, -0.2) is 0 Å². The number of carbonyl (C=O) groups excluding carboxylic acids is 1. The zero-order valence-corrected chi connectivity index (χ0v) is 12.0. The van der Waals surface area contributed by atoms with Crippen LogP contribution in [0.2, 0.25) is 0 Å². The molecule has 0 saturated heterocycles. The van der Waals surface area contributed by atoms with Crippen LogP contribution in [-0.2, 0) is 16.0 Å². The molecule has 0 aromatic heterocycles. The number of benzene rings is 1. The Morgan fingerprint density at radius 3 is 3.00 bits per heavy atom. The summed E-state index contributed by atoms with van der Waals surface area (Å²) in [6, 6.07) is 8.50. The predicted octanol–water partition coefficient (Wildman–Crippen LogP) is 1.45. The lowest BCUT2D eigenvalue weighted by atomic mass is 10.1. The molecular weight excluding hydrogens is 264 g/mol. The van der Waals surface area contributed by atoms with Gasteiger partial charge in [-0.3, -0.25) is 4.79 Å². The summed E-state index contributed by atoms with van der Waals surface area (Å²) in [6.07, 6.45) is 2.06. The maximum atomic E-state index is 11.8. The van der Waals surface area contributed by atoms with Gasteiger partial charge in [0.1, 0.15) is 0 Å². The molecule has 1 amide bonds. The van der Waals surface area contributed by atoms with E-state index in [-0.39, 0.29) is 24.4 Å². The first-order chi connectivity index (χ1) is 8.81. The summed E-state index contributed by atoms with van der Waals surface area (Å²) in [7, 11) is 1.65. The second-order valence-corrected chi connectivity index (χ2v) is 4.53.